The molecule has 2 aliphatic heterocycles. The molecule has 1 saturated carbocycles. The number of H-pyrrole nitrogens is 1. The molecule has 6 atom stereocenters. The fourth-order valence-electron chi connectivity index (χ4n) is 6.24. The average molecular weight is 484 g/mol. The Kier molecular flexibility index (Phi) is 7.25. The van der Waals surface area contributed by atoms with E-state index in [1.165, 1.54) is 5.57 Å². The number of fused-ring (bicyclic) bond motifs is 1. The van der Waals surface area contributed by atoms with Crippen molar-refractivity contribution in [3.05, 3.63) is 53.1 Å². The Morgan fingerprint density at radius 1 is 1.23 bits per heavy atom. The molecular formula is C27H38FN5O2. The maximum absolute atomic E-state index is 15.8. The van der Waals surface area contributed by atoms with Gasteiger partial charge in [0.25, 0.3) is 0 Å². The Labute approximate surface area is 206 Å². The number of aryl methyl sites for hydroxylation is 1. The fraction of sp³-hybridized carbons (Fsp3) is 0.593. The van der Waals surface area contributed by atoms with E-state index in [-0.39, 0.29) is 36.3 Å². The minimum absolute atomic E-state index is 0.0629. The number of nitrogens with one attached hydrogen (secondary N) is 3. The molecule has 0 bridgehead atoms. The predicted molar refractivity (Wildman–Crippen MR) is 135 cm³/mol. The first kappa shape index (κ1) is 24.4. The standard InChI is InChI=1S/C27H38FN5O2/c1-3-17-13-19(35)7-8-20(17)21-9-10-22-25(24(21)28)31-32-26(22)27-29-14-23(30-27)18-6-5-16(2)33(15-18)11-4-12-34/h6-8,13-14,16,21-22,24-26,31-32,34-35H,3-5,9-12,15H2,1-2H3,(H,29,30)/t16-,21?,22?,24?,25?,26?/m0/s1. The van der Waals surface area contributed by atoms with Crippen LogP contribution in [0.15, 0.2) is 30.5 Å². The van der Waals surface area contributed by atoms with E-state index in [1.807, 2.05) is 19.2 Å². The van der Waals surface area contributed by atoms with Crippen LogP contribution in [0.1, 0.15) is 74.1 Å². The quantitative estimate of drug-likeness (QED) is 0.413. The van der Waals surface area contributed by atoms with Crippen LogP contribution in [0.3, 0.4) is 0 Å². The molecule has 0 amide bonds. The number of hydrogen-bond acceptors (Lipinski definition) is 6. The zero-order valence-corrected chi connectivity index (χ0v) is 20.7. The summed E-state index contributed by atoms with van der Waals surface area (Å²) in [6.07, 6.45) is 7.37. The number of hydrogen-bond donors (Lipinski definition) is 5. The van der Waals surface area contributed by atoms with Crippen LogP contribution in [0.2, 0.25) is 0 Å². The maximum atomic E-state index is 15.8. The van der Waals surface area contributed by atoms with Crippen molar-refractivity contribution < 1.29 is 14.6 Å². The molecule has 1 saturated heterocycles. The van der Waals surface area contributed by atoms with E-state index >= 15 is 4.39 Å². The lowest BCUT2D eigenvalue weighted by Crippen LogP contribution is -2.45. The first-order valence-electron chi connectivity index (χ1n) is 13.1. The number of imidazole rings is 1. The molecule has 7 nitrogen and oxygen atoms in total. The number of rotatable bonds is 7. The number of aliphatic hydroxyl groups is 1. The first-order valence-corrected chi connectivity index (χ1v) is 13.1. The minimum Gasteiger partial charge on any atom is -0.508 e. The second-order valence-electron chi connectivity index (χ2n) is 10.4. The van der Waals surface area contributed by atoms with Gasteiger partial charge in [0, 0.05) is 37.6 Å². The van der Waals surface area contributed by atoms with Crippen LogP contribution in [-0.2, 0) is 6.42 Å². The summed E-state index contributed by atoms with van der Waals surface area (Å²) < 4.78 is 15.8. The molecule has 2 fully saturated rings. The van der Waals surface area contributed by atoms with E-state index in [1.54, 1.807) is 12.1 Å². The highest BCUT2D eigenvalue weighted by molar-refractivity contribution is 5.64. The van der Waals surface area contributed by atoms with Gasteiger partial charge in [0.05, 0.1) is 24.0 Å². The Bertz CT molecular complexity index is 1060. The van der Waals surface area contributed by atoms with Crippen LogP contribution in [-0.4, -0.2) is 63.0 Å². The third-order valence-corrected chi connectivity index (χ3v) is 8.28. The van der Waals surface area contributed by atoms with Crippen LogP contribution < -0.4 is 10.9 Å². The molecule has 1 aromatic heterocycles. The number of aliphatic hydroxyl groups excluding tert-OH is 1. The highest BCUT2D eigenvalue weighted by Gasteiger charge is 2.48. The molecule has 1 aliphatic carbocycles. The molecule has 0 spiro atoms. The molecule has 1 aromatic carbocycles. The van der Waals surface area contributed by atoms with Crippen molar-refractivity contribution in [1.29, 1.82) is 0 Å². The van der Waals surface area contributed by atoms with E-state index in [2.05, 4.69) is 33.7 Å². The summed E-state index contributed by atoms with van der Waals surface area (Å²) in [6.45, 7) is 6.20. The van der Waals surface area contributed by atoms with Gasteiger partial charge in [-0.15, -0.1) is 0 Å². The van der Waals surface area contributed by atoms with E-state index < -0.39 is 6.17 Å². The van der Waals surface area contributed by atoms with Gasteiger partial charge >= 0.3 is 0 Å². The van der Waals surface area contributed by atoms with Gasteiger partial charge < -0.3 is 15.2 Å². The zero-order valence-electron chi connectivity index (χ0n) is 20.7. The summed E-state index contributed by atoms with van der Waals surface area (Å²) in [5, 5.41) is 19.1. The van der Waals surface area contributed by atoms with Gasteiger partial charge in [0.2, 0.25) is 0 Å². The van der Waals surface area contributed by atoms with Gasteiger partial charge in [-0.1, -0.05) is 19.1 Å². The topological polar surface area (TPSA) is 96.4 Å². The summed E-state index contributed by atoms with van der Waals surface area (Å²) in [5.74, 6) is 1.03. The summed E-state index contributed by atoms with van der Waals surface area (Å²) in [7, 11) is 0. The largest absolute Gasteiger partial charge is 0.508 e. The lowest BCUT2D eigenvalue weighted by Gasteiger charge is -2.36. The molecule has 3 aliphatic rings. The first-order chi connectivity index (χ1) is 17.0. The van der Waals surface area contributed by atoms with E-state index in [4.69, 9.17) is 4.98 Å². The number of nitrogens with zero attached hydrogens (tertiary/aromatic N) is 2. The van der Waals surface area contributed by atoms with Crippen molar-refractivity contribution >= 4 is 5.57 Å². The molecular weight excluding hydrogens is 445 g/mol. The second-order valence-corrected chi connectivity index (χ2v) is 10.4. The van der Waals surface area contributed by atoms with Crippen molar-refractivity contribution in [3.8, 4) is 5.75 Å². The molecule has 0 radical (unpaired) electrons. The number of aromatic nitrogens is 2. The smallest absolute Gasteiger partial charge is 0.125 e. The van der Waals surface area contributed by atoms with Crippen LogP contribution in [0, 0.1) is 5.92 Å². The third-order valence-electron chi connectivity index (χ3n) is 8.28. The minimum atomic E-state index is -1.02. The molecule has 2 aromatic rings. The maximum Gasteiger partial charge on any atom is 0.125 e. The van der Waals surface area contributed by atoms with Gasteiger partial charge in [-0.05, 0) is 67.9 Å². The van der Waals surface area contributed by atoms with Crippen molar-refractivity contribution in [3.63, 3.8) is 0 Å². The van der Waals surface area contributed by atoms with Crippen LogP contribution >= 0.6 is 0 Å². The monoisotopic (exact) mass is 483 g/mol. The predicted octanol–water partition coefficient (Wildman–Crippen LogP) is 3.59. The Balaban J connectivity index is 1.29. The molecule has 190 valence electrons. The number of alkyl halides is 1. The molecule has 35 heavy (non-hydrogen) atoms. The third kappa shape index (κ3) is 4.77. The Morgan fingerprint density at radius 2 is 2.09 bits per heavy atom. The van der Waals surface area contributed by atoms with Crippen molar-refractivity contribution in [2.75, 3.05) is 19.7 Å². The van der Waals surface area contributed by atoms with Crippen molar-refractivity contribution in [1.82, 2.24) is 25.7 Å². The van der Waals surface area contributed by atoms with E-state index in [0.29, 0.717) is 6.04 Å². The lowest BCUT2D eigenvalue weighted by molar-refractivity contribution is 0.135. The summed E-state index contributed by atoms with van der Waals surface area (Å²) in [4.78, 5) is 10.6. The number of benzene rings is 1. The number of phenols is 1. The number of hydrazine groups is 1. The fourth-order valence-corrected chi connectivity index (χ4v) is 6.24. The van der Waals surface area contributed by atoms with Gasteiger partial charge in [-0.2, -0.15) is 0 Å². The van der Waals surface area contributed by atoms with Crippen LogP contribution in [0.4, 0.5) is 4.39 Å². The van der Waals surface area contributed by atoms with Gasteiger partial charge in [0.15, 0.2) is 0 Å². The van der Waals surface area contributed by atoms with Gasteiger partial charge in [-0.3, -0.25) is 10.3 Å². The Morgan fingerprint density at radius 3 is 2.89 bits per heavy atom. The molecule has 3 heterocycles. The highest BCUT2D eigenvalue weighted by Crippen LogP contribution is 2.45. The van der Waals surface area contributed by atoms with Crippen molar-refractivity contribution in [2.45, 2.75) is 76.2 Å². The van der Waals surface area contributed by atoms with Gasteiger partial charge in [0.1, 0.15) is 17.7 Å². The average Bonchev–Trinajstić information content (AvgIpc) is 3.52. The molecule has 5 unspecified atom stereocenters. The number of halogens is 1. The number of phenolic OH excluding ortho intramolecular Hbond substituents is 1. The number of aromatic amines is 1. The molecule has 8 heteroatoms. The lowest BCUT2D eigenvalue weighted by atomic mass is 9.71. The normalized spacial score (nSPS) is 31.4. The van der Waals surface area contributed by atoms with Crippen molar-refractivity contribution in [2.24, 2.45) is 5.92 Å². The van der Waals surface area contributed by atoms with Crippen LogP contribution in [0.25, 0.3) is 5.57 Å². The summed E-state index contributed by atoms with van der Waals surface area (Å²) in [5.41, 5.74) is 10.9. The van der Waals surface area contributed by atoms with Crippen LogP contribution in [0.5, 0.6) is 5.75 Å². The number of aromatic hydroxyl groups is 1. The Hall–Kier alpha value is -2.26. The van der Waals surface area contributed by atoms with Gasteiger partial charge in [-0.25, -0.2) is 14.8 Å². The van der Waals surface area contributed by atoms with E-state index in [0.717, 1.165) is 67.8 Å². The summed E-state index contributed by atoms with van der Waals surface area (Å²) >= 11 is 0. The second kappa shape index (κ2) is 10.4. The molecule has 5 rings (SSSR count). The highest BCUT2D eigenvalue weighted by atomic mass is 19.1. The zero-order chi connectivity index (χ0) is 24.5. The molecule has 5 N–H and O–H groups in total. The summed E-state index contributed by atoms with van der Waals surface area (Å²) in [6, 6.07) is 5.46. The van der Waals surface area contributed by atoms with E-state index in [9.17, 15) is 10.2 Å². The SMILES string of the molecule is CCc1cc(O)ccc1C1CCC2C(c3ncc(C4=CC[C@H](C)N(CCCO)C4)[nH]3)NNC2C1F.